The van der Waals surface area contributed by atoms with E-state index in [-0.39, 0.29) is 11.8 Å². The average Bonchev–Trinajstić information content (AvgIpc) is 2.83. The maximum atomic E-state index is 13.2. The lowest BCUT2D eigenvalue weighted by molar-refractivity contribution is -0.135. The van der Waals surface area contributed by atoms with E-state index >= 15 is 0 Å². The molecule has 1 aliphatic heterocycles. The SMILES string of the molecule is CN(Cc1ccc(N(C)C)cc1)C(=O)C1CCN(S(=O)(=O)c2ccc3ccccc3c2)CC1. The van der Waals surface area contributed by atoms with E-state index in [9.17, 15) is 13.2 Å². The molecule has 33 heavy (non-hydrogen) atoms. The summed E-state index contributed by atoms with van der Waals surface area (Å²) in [5.74, 6) is -0.0754. The first kappa shape index (κ1) is 23.3. The maximum Gasteiger partial charge on any atom is 0.243 e. The van der Waals surface area contributed by atoms with E-state index < -0.39 is 10.0 Å². The zero-order valence-corrected chi connectivity index (χ0v) is 20.3. The van der Waals surface area contributed by atoms with Crippen molar-refractivity contribution in [3.05, 3.63) is 72.3 Å². The summed E-state index contributed by atoms with van der Waals surface area (Å²) >= 11 is 0. The van der Waals surface area contributed by atoms with Gasteiger partial charge in [0.2, 0.25) is 15.9 Å². The van der Waals surface area contributed by atoms with Crippen LogP contribution < -0.4 is 4.90 Å². The number of piperidine rings is 1. The van der Waals surface area contributed by atoms with Crippen molar-refractivity contribution in [2.45, 2.75) is 24.3 Å². The van der Waals surface area contributed by atoms with Crippen LogP contribution in [0.5, 0.6) is 0 Å². The number of nitrogens with zero attached hydrogens (tertiary/aromatic N) is 3. The van der Waals surface area contributed by atoms with E-state index in [4.69, 9.17) is 0 Å². The number of hydrogen-bond donors (Lipinski definition) is 0. The molecule has 0 aromatic heterocycles. The van der Waals surface area contributed by atoms with Gasteiger partial charge in [0, 0.05) is 52.4 Å². The second-order valence-electron chi connectivity index (χ2n) is 8.94. The van der Waals surface area contributed by atoms with Gasteiger partial charge in [-0.05, 0) is 53.4 Å². The van der Waals surface area contributed by atoms with Crippen molar-refractivity contribution < 1.29 is 13.2 Å². The molecule has 1 fully saturated rings. The minimum Gasteiger partial charge on any atom is -0.378 e. The van der Waals surface area contributed by atoms with E-state index in [1.165, 1.54) is 4.31 Å². The summed E-state index contributed by atoms with van der Waals surface area (Å²) in [5, 5.41) is 1.92. The van der Waals surface area contributed by atoms with Gasteiger partial charge >= 0.3 is 0 Å². The Balaban J connectivity index is 1.37. The fraction of sp³-hybridized carbons (Fsp3) is 0.346. The summed E-state index contributed by atoms with van der Waals surface area (Å²) in [7, 11) is 2.24. The van der Waals surface area contributed by atoms with Crippen LogP contribution in [-0.4, -0.2) is 57.8 Å². The molecule has 0 N–H and O–H groups in total. The molecule has 1 aliphatic rings. The van der Waals surface area contributed by atoms with Crippen LogP contribution in [-0.2, 0) is 21.4 Å². The lowest BCUT2D eigenvalue weighted by Crippen LogP contribution is -2.43. The number of rotatable bonds is 6. The predicted molar refractivity (Wildman–Crippen MR) is 133 cm³/mol. The van der Waals surface area contributed by atoms with Crippen LogP contribution in [0.25, 0.3) is 10.8 Å². The third-order valence-corrected chi connectivity index (χ3v) is 8.31. The molecule has 0 atom stereocenters. The van der Waals surface area contributed by atoms with Gasteiger partial charge in [-0.3, -0.25) is 4.79 Å². The standard InChI is InChI=1S/C26H31N3O3S/c1-27(2)24-11-8-20(9-12-24)19-28(3)26(30)22-14-16-29(17-15-22)33(31,32)25-13-10-21-6-4-5-7-23(21)18-25/h4-13,18,22H,14-17,19H2,1-3H3. The molecule has 0 saturated carbocycles. The molecular formula is C26H31N3O3S. The molecular weight excluding hydrogens is 434 g/mol. The molecule has 3 aromatic carbocycles. The molecule has 1 saturated heterocycles. The molecule has 4 rings (SSSR count). The van der Waals surface area contributed by atoms with Crippen molar-refractivity contribution in [1.29, 1.82) is 0 Å². The number of benzene rings is 3. The van der Waals surface area contributed by atoms with Gasteiger partial charge in [-0.2, -0.15) is 4.31 Å². The normalized spacial score (nSPS) is 15.5. The van der Waals surface area contributed by atoms with E-state index in [0.29, 0.717) is 37.4 Å². The lowest BCUT2D eigenvalue weighted by atomic mass is 9.96. The van der Waals surface area contributed by atoms with E-state index in [1.807, 2.05) is 80.6 Å². The van der Waals surface area contributed by atoms with Gasteiger partial charge in [0.1, 0.15) is 0 Å². The molecule has 0 unspecified atom stereocenters. The van der Waals surface area contributed by atoms with Crippen molar-refractivity contribution in [1.82, 2.24) is 9.21 Å². The van der Waals surface area contributed by atoms with Crippen LogP contribution in [0, 0.1) is 5.92 Å². The van der Waals surface area contributed by atoms with Gasteiger partial charge in [-0.15, -0.1) is 0 Å². The first-order chi connectivity index (χ1) is 15.8. The van der Waals surface area contributed by atoms with Crippen LogP contribution in [0.15, 0.2) is 71.6 Å². The molecule has 6 nitrogen and oxygen atoms in total. The zero-order valence-electron chi connectivity index (χ0n) is 19.4. The summed E-state index contributed by atoms with van der Waals surface area (Å²) in [6.07, 6.45) is 1.07. The van der Waals surface area contributed by atoms with Crippen molar-refractivity contribution in [3.63, 3.8) is 0 Å². The van der Waals surface area contributed by atoms with Crippen molar-refractivity contribution in [2.75, 3.05) is 39.1 Å². The first-order valence-electron chi connectivity index (χ1n) is 11.3. The number of fused-ring (bicyclic) bond motifs is 1. The smallest absolute Gasteiger partial charge is 0.243 e. The molecule has 0 spiro atoms. The third kappa shape index (κ3) is 5.04. The number of sulfonamides is 1. The summed E-state index contributed by atoms with van der Waals surface area (Å²) in [5.41, 5.74) is 2.19. The fourth-order valence-corrected chi connectivity index (χ4v) is 5.89. The number of carbonyl (C=O) groups excluding carboxylic acids is 1. The van der Waals surface area contributed by atoms with Crippen molar-refractivity contribution >= 4 is 32.4 Å². The van der Waals surface area contributed by atoms with Crippen LogP contribution in [0.4, 0.5) is 5.69 Å². The highest BCUT2D eigenvalue weighted by molar-refractivity contribution is 7.89. The summed E-state index contributed by atoms with van der Waals surface area (Å²) in [4.78, 5) is 17.1. The topological polar surface area (TPSA) is 60.9 Å². The van der Waals surface area contributed by atoms with Gasteiger partial charge in [0.25, 0.3) is 0 Å². The fourth-order valence-electron chi connectivity index (χ4n) is 4.38. The quantitative estimate of drug-likeness (QED) is 0.553. The minimum atomic E-state index is -3.58. The van der Waals surface area contributed by atoms with Crippen molar-refractivity contribution in [2.24, 2.45) is 5.92 Å². The molecule has 0 aliphatic carbocycles. The Hall–Kier alpha value is -2.90. The highest BCUT2D eigenvalue weighted by Crippen LogP contribution is 2.27. The lowest BCUT2D eigenvalue weighted by Gasteiger charge is -2.32. The first-order valence-corrected chi connectivity index (χ1v) is 12.7. The van der Waals surface area contributed by atoms with Gasteiger partial charge in [0.15, 0.2) is 0 Å². The molecule has 0 bridgehead atoms. The van der Waals surface area contributed by atoms with Gasteiger partial charge < -0.3 is 9.80 Å². The summed E-state index contributed by atoms with van der Waals surface area (Å²) < 4.78 is 27.9. The Bertz CT molecular complexity index is 1230. The largest absolute Gasteiger partial charge is 0.378 e. The maximum absolute atomic E-state index is 13.2. The van der Waals surface area contributed by atoms with Gasteiger partial charge in [0.05, 0.1) is 4.90 Å². The Morgan fingerprint density at radius 2 is 1.55 bits per heavy atom. The Labute approximate surface area is 196 Å². The molecule has 3 aromatic rings. The zero-order chi connectivity index (χ0) is 23.6. The summed E-state index contributed by atoms with van der Waals surface area (Å²) in [6, 6.07) is 21.2. The number of carbonyl (C=O) groups is 1. The number of hydrogen-bond acceptors (Lipinski definition) is 4. The predicted octanol–water partition coefficient (Wildman–Crippen LogP) is 3.97. The molecule has 0 radical (unpaired) electrons. The van der Waals surface area contributed by atoms with E-state index in [2.05, 4.69) is 0 Å². The average molecular weight is 466 g/mol. The van der Waals surface area contributed by atoms with Gasteiger partial charge in [-0.1, -0.05) is 42.5 Å². The van der Waals surface area contributed by atoms with Crippen LogP contribution in [0.3, 0.4) is 0 Å². The van der Waals surface area contributed by atoms with E-state index in [1.54, 1.807) is 17.0 Å². The Morgan fingerprint density at radius 3 is 2.18 bits per heavy atom. The van der Waals surface area contributed by atoms with E-state index in [0.717, 1.165) is 22.0 Å². The van der Waals surface area contributed by atoms with Gasteiger partial charge in [-0.25, -0.2) is 8.42 Å². The Morgan fingerprint density at radius 1 is 0.909 bits per heavy atom. The number of amides is 1. The highest BCUT2D eigenvalue weighted by Gasteiger charge is 2.33. The third-order valence-electron chi connectivity index (χ3n) is 6.41. The highest BCUT2D eigenvalue weighted by atomic mass is 32.2. The van der Waals surface area contributed by atoms with Crippen LogP contribution in [0.2, 0.25) is 0 Å². The van der Waals surface area contributed by atoms with Crippen molar-refractivity contribution in [3.8, 4) is 0 Å². The van der Waals surface area contributed by atoms with Crippen LogP contribution >= 0.6 is 0 Å². The molecule has 1 amide bonds. The molecule has 174 valence electrons. The second kappa shape index (κ2) is 9.53. The monoisotopic (exact) mass is 465 g/mol. The summed E-state index contributed by atoms with van der Waals surface area (Å²) in [6.45, 7) is 1.26. The molecule has 1 heterocycles. The van der Waals surface area contributed by atoms with Crippen LogP contribution in [0.1, 0.15) is 18.4 Å². The second-order valence-corrected chi connectivity index (χ2v) is 10.9. The molecule has 7 heteroatoms. The number of anilines is 1. The Kier molecular flexibility index (Phi) is 6.72. The minimum absolute atomic E-state index is 0.0782.